The Kier molecular flexibility index (Phi) is 6.59. The molecule has 2 unspecified atom stereocenters. The first-order chi connectivity index (χ1) is 6.11. The summed E-state index contributed by atoms with van der Waals surface area (Å²) in [7, 11) is 0. The summed E-state index contributed by atoms with van der Waals surface area (Å²) in [5, 5.41) is 9.09. The third-order valence-electron chi connectivity index (χ3n) is 1.95. The molecule has 0 amide bonds. The maximum absolute atomic E-state index is 11.0. The van der Waals surface area contributed by atoms with Crippen LogP contribution in [0.25, 0.3) is 0 Å². The zero-order valence-electron chi connectivity index (χ0n) is 8.75. The molecule has 0 rings (SSSR count). The van der Waals surface area contributed by atoms with Crippen molar-refractivity contribution in [2.75, 3.05) is 6.61 Å². The molecule has 0 spiro atoms. The molecular formula is C10H20O3. The highest BCUT2D eigenvalue weighted by Gasteiger charge is 2.14. The van der Waals surface area contributed by atoms with Gasteiger partial charge in [0.05, 0.1) is 6.61 Å². The number of hydrogen-bond acceptors (Lipinski definition) is 3. The van der Waals surface area contributed by atoms with Crippen molar-refractivity contribution >= 4 is 5.97 Å². The van der Waals surface area contributed by atoms with Crippen LogP contribution >= 0.6 is 0 Å². The predicted octanol–water partition coefficient (Wildman–Crippen LogP) is 1.74. The molecule has 1 N–H and O–H groups in total. The highest BCUT2D eigenvalue weighted by atomic mass is 16.5. The van der Waals surface area contributed by atoms with Crippen molar-refractivity contribution in [3.8, 4) is 0 Å². The molecule has 0 fully saturated rings. The molecule has 2 atom stereocenters. The molecule has 3 nitrogen and oxygen atoms in total. The third kappa shape index (κ3) is 5.64. The van der Waals surface area contributed by atoms with Crippen LogP contribution in [0.1, 0.15) is 40.0 Å². The minimum atomic E-state index is -0.950. The first kappa shape index (κ1) is 12.4. The van der Waals surface area contributed by atoms with Crippen LogP contribution in [0, 0.1) is 5.92 Å². The molecular weight excluding hydrogens is 168 g/mol. The summed E-state index contributed by atoms with van der Waals surface area (Å²) >= 11 is 0. The molecule has 0 aromatic rings. The fourth-order valence-electron chi connectivity index (χ4n) is 1.06. The third-order valence-corrected chi connectivity index (χ3v) is 1.95. The van der Waals surface area contributed by atoms with E-state index >= 15 is 0 Å². The second kappa shape index (κ2) is 6.89. The number of aliphatic hydroxyl groups is 1. The van der Waals surface area contributed by atoms with Gasteiger partial charge in [-0.2, -0.15) is 0 Å². The minimum absolute atomic E-state index is 0.387. The Morgan fingerprint density at radius 1 is 1.46 bits per heavy atom. The lowest BCUT2D eigenvalue weighted by Gasteiger charge is -2.12. The Labute approximate surface area is 80.1 Å². The molecule has 0 aliphatic carbocycles. The molecule has 0 saturated carbocycles. The summed E-state index contributed by atoms with van der Waals surface area (Å²) in [6.45, 7) is 6.31. The van der Waals surface area contributed by atoms with E-state index < -0.39 is 12.1 Å². The average molecular weight is 188 g/mol. The van der Waals surface area contributed by atoms with Gasteiger partial charge in [0.2, 0.25) is 0 Å². The van der Waals surface area contributed by atoms with Crippen LogP contribution in [0.4, 0.5) is 0 Å². The Morgan fingerprint density at radius 2 is 2.08 bits per heavy atom. The van der Waals surface area contributed by atoms with Crippen LogP contribution in [0.3, 0.4) is 0 Å². The van der Waals surface area contributed by atoms with Gasteiger partial charge in [-0.3, -0.25) is 0 Å². The monoisotopic (exact) mass is 188 g/mol. The Balaban J connectivity index is 3.57. The fraction of sp³-hybridized carbons (Fsp3) is 0.900. The number of hydrogen-bond donors (Lipinski definition) is 1. The van der Waals surface area contributed by atoms with Crippen molar-refractivity contribution in [1.82, 2.24) is 0 Å². The standard InChI is InChI=1S/C10H20O3/c1-4-6-8(3)7-13-10(12)9(11)5-2/h8-9,11H,4-7H2,1-3H3. The Bertz CT molecular complexity index is 145. The Hall–Kier alpha value is -0.570. The van der Waals surface area contributed by atoms with E-state index in [2.05, 4.69) is 6.92 Å². The van der Waals surface area contributed by atoms with Crippen molar-refractivity contribution in [3.05, 3.63) is 0 Å². The first-order valence-corrected chi connectivity index (χ1v) is 4.96. The number of aliphatic hydroxyl groups excluding tert-OH is 1. The predicted molar refractivity (Wildman–Crippen MR) is 51.3 cm³/mol. The van der Waals surface area contributed by atoms with E-state index in [1.807, 2.05) is 6.92 Å². The summed E-state index contributed by atoms with van der Waals surface area (Å²) in [5.41, 5.74) is 0. The SMILES string of the molecule is CCCC(C)COC(=O)C(O)CC. The van der Waals surface area contributed by atoms with Crippen LogP contribution in [0.15, 0.2) is 0 Å². The zero-order valence-corrected chi connectivity index (χ0v) is 8.75. The summed E-state index contributed by atoms with van der Waals surface area (Å²) in [6, 6.07) is 0. The lowest BCUT2D eigenvalue weighted by molar-refractivity contribution is -0.154. The van der Waals surface area contributed by atoms with E-state index in [0.29, 0.717) is 18.9 Å². The number of rotatable bonds is 6. The number of carbonyl (C=O) groups excluding carboxylic acids is 1. The summed E-state index contributed by atoms with van der Waals surface area (Å²) in [6.07, 6.45) is 1.61. The molecule has 0 aliphatic rings. The van der Waals surface area contributed by atoms with Gasteiger partial charge < -0.3 is 9.84 Å². The molecule has 13 heavy (non-hydrogen) atoms. The van der Waals surface area contributed by atoms with E-state index in [-0.39, 0.29) is 0 Å². The van der Waals surface area contributed by atoms with E-state index in [0.717, 1.165) is 12.8 Å². The van der Waals surface area contributed by atoms with Gasteiger partial charge in [-0.05, 0) is 18.8 Å². The van der Waals surface area contributed by atoms with Crippen LogP contribution < -0.4 is 0 Å². The normalized spacial score (nSPS) is 15.1. The van der Waals surface area contributed by atoms with E-state index in [4.69, 9.17) is 9.84 Å². The van der Waals surface area contributed by atoms with Crippen molar-refractivity contribution in [2.24, 2.45) is 5.92 Å². The number of esters is 1. The summed E-state index contributed by atoms with van der Waals surface area (Å²) < 4.78 is 4.92. The zero-order chi connectivity index (χ0) is 10.3. The van der Waals surface area contributed by atoms with Gasteiger partial charge in [0.1, 0.15) is 0 Å². The topological polar surface area (TPSA) is 46.5 Å². The average Bonchev–Trinajstić information content (AvgIpc) is 2.13. The molecule has 78 valence electrons. The second-order valence-corrected chi connectivity index (χ2v) is 3.45. The molecule has 0 aliphatic heterocycles. The van der Waals surface area contributed by atoms with Crippen LogP contribution in [0.5, 0.6) is 0 Å². The van der Waals surface area contributed by atoms with Gasteiger partial charge in [-0.15, -0.1) is 0 Å². The molecule has 3 heteroatoms. The number of carbonyl (C=O) groups is 1. The van der Waals surface area contributed by atoms with Gasteiger partial charge in [0.15, 0.2) is 6.10 Å². The van der Waals surface area contributed by atoms with Gasteiger partial charge in [0.25, 0.3) is 0 Å². The lowest BCUT2D eigenvalue weighted by atomic mass is 10.1. The fourth-order valence-corrected chi connectivity index (χ4v) is 1.06. The summed E-state index contributed by atoms with van der Waals surface area (Å²) in [4.78, 5) is 11.0. The van der Waals surface area contributed by atoms with E-state index in [9.17, 15) is 4.79 Å². The maximum atomic E-state index is 11.0. The molecule has 0 aromatic carbocycles. The summed E-state index contributed by atoms with van der Waals surface area (Å²) in [5.74, 6) is -0.108. The van der Waals surface area contributed by atoms with E-state index in [1.54, 1.807) is 6.92 Å². The molecule has 0 saturated heterocycles. The Morgan fingerprint density at radius 3 is 2.54 bits per heavy atom. The highest BCUT2D eigenvalue weighted by Crippen LogP contribution is 2.06. The largest absolute Gasteiger partial charge is 0.463 e. The van der Waals surface area contributed by atoms with Gasteiger partial charge >= 0.3 is 5.97 Å². The highest BCUT2D eigenvalue weighted by molar-refractivity contribution is 5.74. The van der Waals surface area contributed by atoms with Gasteiger partial charge in [0, 0.05) is 0 Å². The van der Waals surface area contributed by atoms with Gasteiger partial charge in [-0.1, -0.05) is 27.2 Å². The number of ether oxygens (including phenoxy) is 1. The van der Waals surface area contributed by atoms with Crippen molar-refractivity contribution in [2.45, 2.75) is 46.1 Å². The maximum Gasteiger partial charge on any atom is 0.334 e. The smallest absolute Gasteiger partial charge is 0.334 e. The lowest BCUT2D eigenvalue weighted by Crippen LogP contribution is -2.24. The van der Waals surface area contributed by atoms with Crippen LogP contribution in [-0.2, 0) is 9.53 Å². The van der Waals surface area contributed by atoms with Crippen molar-refractivity contribution in [3.63, 3.8) is 0 Å². The minimum Gasteiger partial charge on any atom is -0.463 e. The quantitative estimate of drug-likeness (QED) is 0.646. The molecule has 0 radical (unpaired) electrons. The van der Waals surface area contributed by atoms with Crippen LogP contribution in [-0.4, -0.2) is 23.8 Å². The molecule has 0 bridgehead atoms. The molecule has 0 aromatic heterocycles. The van der Waals surface area contributed by atoms with Crippen molar-refractivity contribution in [1.29, 1.82) is 0 Å². The van der Waals surface area contributed by atoms with Crippen LogP contribution in [0.2, 0.25) is 0 Å². The van der Waals surface area contributed by atoms with Crippen molar-refractivity contribution < 1.29 is 14.6 Å². The molecule has 0 heterocycles. The second-order valence-electron chi connectivity index (χ2n) is 3.45. The van der Waals surface area contributed by atoms with Gasteiger partial charge in [-0.25, -0.2) is 4.79 Å². The van der Waals surface area contributed by atoms with E-state index in [1.165, 1.54) is 0 Å². The first-order valence-electron chi connectivity index (χ1n) is 4.96.